The first-order valence-electron chi connectivity index (χ1n) is 11.3. The van der Waals surface area contributed by atoms with Crippen LogP contribution in [0.5, 0.6) is 0 Å². The fraction of sp³-hybridized carbons (Fsp3) is 0.565. The van der Waals surface area contributed by atoms with Crippen LogP contribution in [0.2, 0.25) is 0 Å². The SMILES string of the molecule is Cc1ccc(N2CC[N+]3=C2N=C2C3C(=O)N(CCN3CCCCC3)C(=O)N2C)c(C)c1. The van der Waals surface area contributed by atoms with Gasteiger partial charge in [-0.2, -0.15) is 0 Å². The van der Waals surface area contributed by atoms with Gasteiger partial charge in [0.25, 0.3) is 5.91 Å². The van der Waals surface area contributed by atoms with E-state index in [2.05, 4.69) is 46.4 Å². The maximum absolute atomic E-state index is 13.4. The van der Waals surface area contributed by atoms with Crippen molar-refractivity contribution in [3.8, 4) is 0 Å². The van der Waals surface area contributed by atoms with Crippen LogP contribution in [0, 0.1) is 13.8 Å². The minimum atomic E-state index is -0.505. The van der Waals surface area contributed by atoms with Gasteiger partial charge >= 0.3 is 12.0 Å². The Morgan fingerprint density at radius 1 is 1.06 bits per heavy atom. The van der Waals surface area contributed by atoms with E-state index in [0.29, 0.717) is 18.9 Å². The molecule has 2 fully saturated rings. The summed E-state index contributed by atoms with van der Waals surface area (Å²) < 4.78 is 2.06. The van der Waals surface area contributed by atoms with E-state index in [1.165, 1.54) is 35.3 Å². The summed E-state index contributed by atoms with van der Waals surface area (Å²) in [4.78, 5) is 38.8. The lowest BCUT2D eigenvalue weighted by Crippen LogP contribution is -2.63. The van der Waals surface area contributed by atoms with Gasteiger partial charge in [-0.05, 0) is 51.4 Å². The third kappa shape index (κ3) is 3.33. The van der Waals surface area contributed by atoms with E-state index in [-0.39, 0.29) is 11.9 Å². The molecule has 4 aliphatic rings. The lowest BCUT2D eigenvalue weighted by atomic mass is 10.1. The molecule has 8 heteroatoms. The highest BCUT2D eigenvalue weighted by Gasteiger charge is 2.55. The highest BCUT2D eigenvalue weighted by atomic mass is 16.2. The number of likely N-dealkylation sites (N-methyl/N-ethyl adjacent to an activating group) is 1. The van der Waals surface area contributed by atoms with Crippen LogP contribution in [0.15, 0.2) is 23.2 Å². The summed E-state index contributed by atoms with van der Waals surface area (Å²) in [6, 6.07) is 5.61. The largest absolute Gasteiger partial charge is 0.397 e. The molecule has 8 nitrogen and oxygen atoms in total. The molecular weight excluding hydrogens is 392 g/mol. The van der Waals surface area contributed by atoms with Crippen molar-refractivity contribution >= 4 is 29.4 Å². The lowest BCUT2D eigenvalue weighted by Gasteiger charge is -2.35. The van der Waals surface area contributed by atoms with Crippen LogP contribution in [-0.4, -0.2) is 95.4 Å². The van der Waals surface area contributed by atoms with Gasteiger partial charge in [0.15, 0.2) is 0 Å². The number of anilines is 1. The lowest BCUT2D eigenvalue weighted by molar-refractivity contribution is -0.525. The average molecular weight is 424 g/mol. The summed E-state index contributed by atoms with van der Waals surface area (Å²) in [7, 11) is 1.73. The predicted molar refractivity (Wildman–Crippen MR) is 120 cm³/mol. The van der Waals surface area contributed by atoms with Crippen molar-refractivity contribution in [1.29, 1.82) is 0 Å². The Morgan fingerprint density at radius 2 is 1.84 bits per heavy atom. The summed E-state index contributed by atoms with van der Waals surface area (Å²) in [5.74, 6) is 1.18. The van der Waals surface area contributed by atoms with E-state index in [9.17, 15) is 9.59 Å². The quantitative estimate of drug-likeness (QED) is 0.691. The highest BCUT2D eigenvalue weighted by molar-refractivity contribution is 6.24. The summed E-state index contributed by atoms with van der Waals surface area (Å²) >= 11 is 0. The number of guanidine groups is 1. The van der Waals surface area contributed by atoms with Crippen LogP contribution in [0.4, 0.5) is 10.5 Å². The fourth-order valence-corrected chi connectivity index (χ4v) is 5.22. The smallest absolute Gasteiger partial charge is 0.302 e. The normalized spacial score (nSPS) is 24.2. The van der Waals surface area contributed by atoms with Crippen molar-refractivity contribution in [3.63, 3.8) is 0 Å². The first-order valence-corrected chi connectivity index (χ1v) is 11.3. The molecule has 4 heterocycles. The number of imide groups is 1. The molecule has 1 aromatic carbocycles. The van der Waals surface area contributed by atoms with Crippen molar-refractivity contribution in [2.24, 2.45) is 4.99 Å². The van der Waals surface area contributed by atoms with Crippen molar-refractivity contribution in [2.45, 2.75) is 39.2 Å². The fourth-order valence-electron chi connectivity index (χ4n) is 5.22. The zero-order valence-electron chi connectivity index (χ0n) is 18.7. The number of rotatable bonds is 4. The maximum Gasteiger partial charge on any atom is 0.397 e. The maximum atomic E-state index is 13.4. The average Bonchev–Trinajstić information content (AvgIpc) is 3.33. The van der Waals surface area contributed by atoms with Crippen molar-refractivity contribution < 1.29 is 14.2 Å². The Morgan fingerprint density at radius 3 is 2.58 bits per heavy atom. The molecule has 164 valence electrons. The van der Waals surface area contributed by atoms with Gasteiger partial charge in [0.1, 0.15) is 12.2 Å². The highest BCUT2D eigenvalue weighted by Crippen LogP contribution is 2.29. The first kappa shape index (κ1) is 20.2. The molecule has 0 aliphatic carbocycles. The van der Waals surface area contributed by atoms with Gasteiger partial charge in [-0.1, -0.05) is 29.1 Å². The number of likely N-dealkylation sites (tertiary alicyclic amines) is 1. The number of urea groups is 1. The number of fused-ring (bicyclic) bond motifs is 2. The Balaban J connectivity index is 1.40. The number of amides is 3. The summed E-state index contributed by atoms with van der Waals surface area (Å²) in [5.41, 5.74) is 3.51. The van der Waals surface area contributed by atoms with Gasteiger partial charge in [0, 0.05) is 20.1 Å². The van der Waals surface area contributed by atoms with E-state index < -0.39 is 6.04 Å². The molecule has 0 saturated carbocycles. The van der Waals surface area contributed by atoms with Crippen LogP contribution >= 0.6 is 0 Å². The van der Waals surface area contributed by atoms with Crippen LogP contribution in [0.3, 0.4) is 0 Å². The second kappa shape index (κ2) is 7.75. The van der Waals surface area contributed by atoms with Crippen LogP contribution in [-0.2, 0) is 4.79 Å². The molecule has 2 saturated heterocycles. The Labute approximate surface area is 183 Å². The van der Waals surface area contributed by atoms with Crippen LogP contribution in [0.25, 0.3) is 0 Å². The molecule has 0 spiro atoms. The zero-order valence-corrected chi connectivity index (χ0v) is 18.7. The van der Waals surface area contributed by atoms with Gasteiger partial charge < -0.3 is 4.90 Å². The number of hydrogen-bond donors (Lipinski definition) is 0. The van der Waals surface area contributed by atoms with Crippen molar-refractivity contribution in [3.05, 3.63) is 29.3 Å². The molecule has 0 N–H and O–H groups in total. The number of benzene rings is 1. The van der Waals surface area contributed by atoms with Crippen molar-refractivity contribution in [2.75, 3.05) is 51.2 Å². The van der Waals surface area contributed by atoms with E-state index in [4.69, 9.17) is 4.99 Å². The third-order valence-corrected chi connectivity index (χ3v) is 6.93. The number of hydrogen-bond acceptors (Lipinski definition) is 5. The molecular formula is C23H31N6O2+. The van der Waals surface area contributed by atoms with E-state index in [1.807, 2.05) is 0 Å². The standard InChI is InChI=1S/C23H31N6O2/c1-16-7-8-18(17(2)15-16)27-13-14-28-19-20(24-22(27)28)25(3)23(31)29(21(19)30)12-11-26-9-5-4-6-10-26/h7-8,15,19H,4-6,9-14H2,1-3H3/q+1. The van der Waals surface area contributed by atoms with Gasteiger partial charge in [-0.15, -0.1) is 0 Å². The van der Waals surface area contributed by atoms with Crippen LogP contribution in [0.1, 0.15) is 30.4 Å². The third-order valence-electron chi connectivity index (χ3n) is 6.93. The monoisotopic (exact) mass is 423 g/mol. The summed E-state index contributed by atoms with van der Waals surface area (Å²) in [5, 5.41) is 0. The molecule has 5 rings (SSSR count). The second-order valence-electron chi connectivity index (χ2n) is 9.04. The summed E-state index contributed by atoms with van der Waals surface area (Å²) in [6.45, 7) is 8.98. The molecule has 0 radical (unpaired) electrons. The Kier molecular flexibility index (Phi) is 5.04. The molecule has 0 aromatic heterocycles. The number of carbonyl (C=O) groups is 2. The number of piperidine rings is 1. The molecule has 1 aromatic rings. The van der Waals surface area contributed by atoms with Gasteiger partial charge in [0.05, 0.1) is 6.54 Å². The molecule has 4 aliphatic heterocycles. The second-order valence-corrected chi connectivity index (χ2v) is 9.04. The topological polar surface area (TPSA) is 62.5 Å². The first-order chi connectivity index (χ1) is 15.0. The predicted octanol–water partition coefficient (Wildman–Crippen LogP) is 1.65. The zero-order chi connectivity index (χ0) is 21.7. The van der Waals surface area contributed by atoms with Crippen LogP contribution < -0.4 is 4.90 Å². The van der Waals surface area contributed by atoms with E-state index in [0.717, 1.165) is 37.8 Å². The molecule has 3 amide bonds. The number of aryl methyl sites for hydroxylation is 2. The van der Waals surface area contributed by atoms with E-state index >= 15 is 0 Å². The molecule has 1 atom stereocenters. The van der Waals surface area contributed by atoms with Gasteiger partial charge in [-0.25, -0.2) is 14.3 Å². The number of aliphatic imine (C=N–C) groups is 1. The number of nitrogens with zero attached hydrogens (tertiary/aromatic N) is 6. The summed E-state index contributed by atoms with van der Waals surface area (Å²) in [6.07, 6.45) is 3.66. The van der Waals surface area contributed by atoms with Gasteiger partial charge in [-0.3, -0.25) is 14.6 Å². The number of amidine groups is 1. The van der Waals surface area contributed by atoms with E-state index in [1.54, 1.807) is 11.9 Å². The molecule has 31 heavy (non-hydrogen) atoms. The minimum Gasteiger partial charge on any atom is -0.302 e. The minimum absolute atomic E-state index is 0.142. The Hall–Kier alpha value is -2.74. The van der Waals surface area contributed by atoms with Crippen molar-refractivity contribution in [1.82, 2.24) is 14.7 Å². The van der Waals surface area contributed by atoms with Gasteiger partial charge in [0.2, 0.25) is 11.9 Å². The molecule has 0 bridgehead atoms. The number of carbonyl (C=O) groups excluding carboxylic acids is 2. The Bertz CT molecular complexity index is 994. The molecule has 1 unspecified atom stereocenters.